The second kappa shape index (κ2) is 9.65. The van der Waals surface area contributed by atoms with Crippen molar-refractivity contribution < 1.29 is 14.3 Å². The SMILES string of the molecule is CCOC(=O)c1ccc(NC(=O)Cn2nc(-c3ccc(CC)cc3)ccc2=O)cc1. The van der Waals surface area contributed by atoms with Gasteiger partial charge in [-0.25, -0.2) is 9.48 Å². The first-order chi connectivity index (χ1) is 14.5. The third kappa shape index (κ3) is 5.20. The molecule has 154 valence electrons. The molecule has 0 aliphatic carbocycles. The van der Waals surface area contributed by atoms with Gasteiger partial charge < -0.3 is 10.1 Å². The molecule has 2 aromatic carbocycles. The van der Waals surface area contributed by atoms with Gasteiger partial charge in [0.05, 0.1) is 17.9 Å². The van der Waals surface area contributed by atoms with Crippen molar-refractivity contribution in [2.24, 2.45) is 0 Å². The number of nitrogens with zero attached hydrogens (tertiary/aromatic N) is 2. The highest BCUT2D eigenvalue weighted by molar-refractivity contribution is 5.93. The molecular weight excluding hydrogens is 382 g/mol. The lowest BCUT2D eigenvalue weighted by Gasteiger charge is -2.09. The van der Waals surface area contributed by atoms with Gasteiger partial charge in [-0.15, -0.1) is 0 Å². The van der Waals surface area contributed by atoms with Crippen LogP contribution >= 0.6 is 0 Å². The van der Waals surface area contributed by atoms with Crippen LogP contribution < -0.4 is 10.9 Å². The highest BCUT2D eigenvalue weighted by Gasteiger charge is 2.10. The average Bonchev–Trinajstić information content (AvgIpc) is 2.76. The first kappa shape index (κ1) is 21.0. The molecule has 0 atom stereocenters. The number of benzene rings is 2. The van der Waals surface area contributed by atoms with Crippen molar-refractivity contribution in [1.82, 2.24) is 9.78 Å². The van der Waals surface area contributed by atoms with Crippen LogP contribution in [0.15, 0.2) is 65.5 Å². The third-order valence-electron chi connectivity index (χ3n) is 4.50. The summed E-state index contributed by atoms with van der Waals surface area (Å²) in [6.07, 6.45) is 0.939. The van der Waals surface area contributed by atoms with Crippen LogP contribution in [0.2, 0.25) is 0 Å². The van der Waals surface area contributed by atoms with Crippen molar-refractivity contribution in [3.05, 3.63) is 82.1 Å². The maximum absolute atomic E-state index is 12.4. The van der Waals surface area contributed by atoms with Crippen LogP contribution in [0.5, 0.6) is 0 Å². The van der Waals surface area contributed by atoms with Gasteiger partial charge in [0.25, 0.3) is 5.56 Å². The van der Waals surface area contributed by atoms with E-state index in [1.54, 1.807) is 37.3 Å². The van der Waals surface area contributed by atoms with Crippen molar-refractivity contribution in [3.8, 4) is 11.3 Å². The van der Waals surface area contributed by atoms with Gasteiger partial charge in [-0.05, 0) is 49.2 Å². The number of aromatic nitrogens is 2. The van der Waals surface area contributed by atoms with Crippen molar-refractivity contribution in [1.29, 1.82) is 0 Å². The number of hydrogen-bond donors (Lipinski definition) is 1. The van der Waals surface area contributed by atoms with Gasteiger partial charge in [0.15, 0.2) is 0 Å². The standard InChI is InChI=1S/C23H23N3O4/c1-3-16-5-7-17(8-6-16)20-13-14-22(28)26(25-20)15-21(27)24-19-11-9-18(10-12-19)23(29)30-4-2/h5-14H,3-4,15H2,1-2H3,(H,24,27). The average molecular weight is 405 g/mol. The normalized spacial score (nSPS) is 10.5. The molecule has 0 aliphatic rings. The van der Waals surface area contributed by atoms with Crippen LogP contribution in [-0.2, 0) is 22.5 Å². The number of rotatable bonds is 7. The Bertz CT molecular complexity index is 1090. The summed E-state index contributed by atoms with van der Waals surface area (Å²) in [4.78, 5) is 36.2. The predicted molar refractivity (Wildman–Crippen MR) is 114 cm³/mol. The number of carbonyl (C=O) groups excluding carboxylic acids is 2. The minimum Gasteiger partial charge on any atom is -0.462 e. The Balaban J connectivity index is 1.70. The first-order valence-corrected chi connectivity index (χ1v) is 9.74. The minimum absolute atomic E-state index is 0.223. The number of esters is 1. The van der Waals surface area contributed by atoms with Crippen LogP contribution in [0.25, 0.3) is 11.3 Å². The topological polar surface area (TPSA) is 90.3 Å². The first-order valence-electron chi connectivity index (χ1n) is 9.74. The Hall–Kier alpha value is -3.74. The largest absolute Gasteiger partial charge is 0.462 e. The molecule has 7 nitrogen and oxygen atoms in total. The molecule has 3 aromatic rings. The Morgan fingerprint density at radius 1 is 0.967 bits per heavy atom. The second-order valence-electron chi connectivity index (χ2n) is 6.61. The van der Waals surface area contributed by atoms with E-state index in [9.17, 15) is 14.4 Å². The number of carbonyl (C=O) groups is 2. The van der Waals surface area contributed by atoms with Gasteiger partial charge in [-0.3, -0.25) is 9.59 Å². The maximum atomic E-state index is 12.4. The Morgan fingerprint density at radius 2 is 1.67 bits per heavy atom. The number of hydrogen-bond acceptors (Lipinski definition) is 5. The summed E-state index contributed by atoms with van der Waals surface area (Å²) in [5.41, 5.74) is 3.24. The van der Waals surface area contributed by atoms with Crippen LogP contribution in [0.1, 0.15) is 29.8 Å². The lowest BCUT2D eigenvalue weighted by Crippen LogP contribution is -2.29. The summed E-state index contributed by atoms with van der Waals surface area (Å²) in [5, 5.41) is 7.02. The highest BCUT2D eigenvalue weighted by atomic mass is 16.5. The fraction of sp³-hybridized carbons (Fsp3) is 0.217. The van der Waals surface area contributed by atoms with E-state index >= 15 is 0 Å². The lowest BCUT2D eigenvalue weighted by atomic mass is 10.1. The van der Waals surface area contributed by atoms with Gasteiger partial charge in [0.1, 0.15) is 6.54 Å². The molecule has 1 aromatic heterocycles. The van der Waals surface area contributed by atoms with Gasteiger partial charge in [0.2, 0.25) is 5.91 Å². The van der Waals surface area contributed by atoms with Crippen LogP contribution in [0.4, 0.5) is 5.69 Å². The van der Waals surface area contributed by atoms with E-state index in [0.29, 0.717) is 23.6 Å². The van der Waals surface area contributed by atoms with Crippen LogP contribution in [0, 0.1) is 0 Å². The van der Waals surface area contributed by atoms with E-state index in [2.05, 4.69) is 17.3 Å². The molecule has 0 radical (unpaired) electrons. The van der Waals surface area contributed by atoms with Gasteiger partial charge in [-0.1, -0.05) is 31.2 Å². The van der Waals surface area contributed by atoms with E-state index in [1.807, 2.05) is 24.3 Å². The Morgan fingerprint density at radius 3 is 2.30 bits per heavy atom. The number of anilines is 1. The molecule has 30 heavy (non-hydrogen) atoms. The van der Waals surface area contributed by atoms with Crippen molar-refractivity contribution in [3.63, 3.8) is 0 Å². The molecule has 0 saturated heterocycles. The van der Waals surface area contributed by atoms with Crippen LogP contribution in [0.3, 0.4) is 0 Å². The molecule has 0 saturated carbocycles. The molecule has 0 fully saturated rings. The van der Waals surface area contributed by atoms with E-state index < -0.39 is 11.9 Å². The number of amides is 1. The molecule has 0 aliphatic heterocycles. The molecule has 0 bridgehead atoms. The fourth-order valence-corrected chi connectivity index (χ4v) is 2.87. The predicted octanol–water partition coefficient (Wildman–Crippen LogP) is 3.29. The summed E-state index contributed by atoms with van der Waals surface area (Å²) in [7, 11) is 0. The summed E-state index contributed by atoms with van der Waals surface area (Å²) in [6, 6.07) is 17.3. The molecule has 0 spiro atoms. The molecular formula is C23H23N3O4. The Labute approximate surface area is 174 Å². The van der Waals surface area contributed by atoms with Crippen molar-refractivity contribution >= 4 is 17.6 Å². The van der Waals surface area contributed by atoms with Crippen molar-refractivity contribution in [2.45, 2.75) is 26.8 Å². The molecule has 1 amide bonds. The van der Waals surface area contributed by atoms with Crippen LogP contribution in [-0.4, -0.2) is 28.3 Å². The van der Waals surface area contributed by atoms with Crippen molar-refractivity contribution in [2.75, 3.05) is 11.9 Å². The quantitative estimate of drug-likeness (QED) is 0.609. The molecule has 1 heterocycles. The number of nitrogens with one attached hydrogen (secondary N) is 1. The molecule has 0 unspecified atom stereocenters. The highest BCUT2D eigenvalue weighted by Crippen LogP contribution is 2.16. The van der Waals surface area contributed by atoms with E-state index in [-0.39, 0.29) is 12.1 Å². The number of ether oxygens (including phenoxy) is 1. The fourth-order valence-electron chi connectivity index (χ4n) is 2.87. The smallest absolute Gasteiger partial charge is 0.338 e. The van der Waals surface area contributed by atoms with E-state index in [1.165, 1.54) is 11.6 Å². The van der Waals surface area contributed by atoms with Gasteiger partial charge >= 0.3 is 5.97 Å². The molecule has 7 heteroatoms. The summed E-state index contributed by atoms with van der Waals surface area (Å²) < 4.78 is 6.06. The van der Waals surface area contributed by atoms with Gasteiger partial charge in [-0.2, -0.15) is 5.10 Å². The molecule has 3 rings (SSSR count). The Kier molecular flexibility index (Phi) is 6.75. The zero-order valence-corrected chi connectivity index (χ0v) is 16.9. The monoisotopic (exact) mass is 405 g/mol. The second-order valence-corrected chi connectivity index (χ2v) is 6.61. The zero-order chi connectivity index (χ0) is 21.5. The number of aryl methyl sites for hydroxylation is 1. The summed E-state index contributed by atoms with van der Waals surface area (Å²) in [6.45, 7) is 3.88. The van der Waals surface area contributed by atoms with E-state index in [4.69, 9.17) is 4.74 Å². The summed E-state index contributed by atoms with van der Waals surface area (Å²) in [5.74, 6) is -0.818. The minimum atomic E-state index is -0.421. The summed E-state index contributed by atoms with van der Waals surface area (Å²) >= 11 is 0. The maximum Gasteiger partial charge on any atom is 0.338 e. The van der Waals surface area contributed by atoms with Gasteiger partial charge in [0, 0.05) is 17.3 Å². The zero-order valence-electron chi connectivity index (χ0n) is 16.9. The molecule has 1 N–H and O–H groups in total. The third-order valence-corrected chi connectivity index (χ3v) is 4.50. The van der Waals surface area contributed by atoms with E-state index in [0.717, 1.165) is 16.7 Å². The lowest BCUT2D eigenvalue weighted by molar-refractivity contribution is -0.117.